The lowest BCUT2D eigenvalue weighted by Crippen LogP contribution is -2.13. The Labute approximate surface area is 79.1 Å². The second kappa shape index (κ2) is 3.64. The zero-order chi connectivity index (χ0) is 9.14. The number of ether oxygens (including phenoxy) is 1. The van der Waals surface area contributed by atoms with Crippen LogP contribution in [0.1, 0.15) is 15.2 Å². The molecule has 1 heterocycles. The summed E-state index contributed by atoms with van der Waals surface area (Å²) in [7, 11) is 1.32. The van der Waals surface area contributed by atoms with Gasteiger partial charge in [-0.05, 0) is 11.4 Å². The first-order valence-corrected chi connectivity index (χ1v) is 4.41. The molecule has 0 fully saturated rings. The van der Waals surface area contributed by atoms with Gasteiger partial charge in [0.25, 0.3) is 0 Å². The van der Waals surface area contributed by atoms with Gasteiger partial charge in [0.2, 0.25) is 0 Å². The number of carbonyl (C=O) groups is 1. The van der Waals surface area contributed by atoms with Crippen LogP contribution in [-0.2, 0) is 4.74 Å². The van der Waals surface area contributed by atoms with Gasteiger partial charge in [-0.3, -0.25) is 0 Å². The standard InChI is InChI=1S/C7H7NO2S2/c1-10-7(9)5-4(6(8)11)2-3-12-5/h2-3H,1H3,(H2,8,11). The first kappa shape index (κ1) is 9.15. The lowest BCUT2D eigenvalue weighted by molar-refractivity contribution is 0.0606. The third-order valence-electron chi connectivity index (χ3n) is 1.30. The molecule has 1 rings (SSSR count). The van der Waals surface area contributed by atoms with Crippen LogP contribution in [0.25, 0.3) is 0 Å². The van der Waals surface area contributed by atoms with Crippen molar-refractivity contribution in [1.29, 1.82) is 0 Å². The first-order valence-electron chi connectivity index (χ1n) is 3.12. The van der Waals surface area contributed by atoms with Crippen LogP contribution in [0.5, 0.6) is 0 Å². The van der Waals surface area contributed by atoms with Gasteiger partial charge in [0.15, 0.2) is 0 Å². The third-order valence-corrected chi connectivity index (χ3v) is 2.42. The highest BCUT2D eigenvalue weighted by Crippen LogP contribution is 2.17. The summed E-state index contributed by atoms with van der Waals surface area (Å²) < 4.78 is 4.54. The van der Waals surface area contributed by atoms with E-state index in [0.717, 1.165) is 0 Å². The Hall–Kier alpha value is -0.940. The van der Waals surface area contributed by atoms with Crippen molar-refractivity contribution in [3.05, 3.63) is 21.9 Å². The molecule has 0 aromatic carbocycles. The third kappa shape index (κ3) is 1.62. The number of esters is 1. The van der Waals surface area contributed by atoms with E-state index in [1.165, 1.54) is 18.4 Å². The number of carbonyl (C=O) groups excluding carboxylic acids is 1. The Morgan fingerprint density at radius 1 is 1.75 bits per heavy atom. The smallest absolute Gasteiger partial charge is 0.348 e. The van der Waals surface area contributed by atoms with Crippen molar-refractivity contribution >= 4 is 34.5 Å². The number of thiophene rings is 1. The summed E-state index contributed by atoms with van der Waals surface area (Å²) in [5.74, 6) is -0.396. The fraction of sp³-hybridized carbons (Fsp3) is 0.143. The van der Waals surface area contributed by atoms with E-state index in [0.29, 0.717) is 10.4 Å². The molecular weight excluding hydrogens is 194 g/mol. The van der Waals surface area contributed by atoms with E-state index in [1.807, 2.05) is 0 Å². The Bertz CT molecular complexity index is 319. The van der Waals surface area contributed by atoms with Gasteiger partial charge in [-0.25, -0.2) is 4.79 Å². The fourth-order valence-electron chi connectivity index (χ4n) is 0.754. The highest BCUT2D eigenvalue weighted by atomic mass is 32.1. The van der Waals surface area contributed by atoms with E-state index >= 15 is 0 Å². The fourth-order valence-corrected chi connectivity index (χ4v) is 1.81. The maximum atomic E-state index is 11.1. The van der Waals surface area contributed by atoms with Crippen molar-refractivity contribution in [2.24, 2.45) is 5.73 Å². The van der Waals surface area contributed by atoms with Crippen LogP contribution in [-0.4, -0.2) is 18.1 Å². The summed E-state index contributed by atoms with van der Waals surface area (Å²) in [6.45, 7) is 0. The number of hydrogen-bond donors (Lipinski definition) is 1. The average molecular weight is 201 g/mol. The van der Waals surface area contributed by atoms with Crippen molar-refractivity contribution in [1.82, 2.24) is 0 Å². The van der Waals surface area contributed by atoms with Gasteiger partial charge in [0.1, 0.15) is 9.87 Å². The van der Waals surface area contributed by atoms with Crippen LogP contribution >= 0.6 is 23.6 Å². The van der Waals surface area contributed by atoms with E-state index in [2.05, 4.69) is 4.74 Å². The van der Waals surface area contributed by atoms with Gasteiger partial charge in [-0.1, -0.05) is 12.2 Å². The van der Waals surface area contributed by atoms with Crippen LogP contribution in [0.3, 0.4) is 0 Å². The van der Waals surface area contributed by atoms with Crippen molar-refractivity contribution in [3.8, 4) is 0 Å². The maximum Gasteiger partial charge on any atom is 0.348 e. The monoisotopic (exact) mass is 201 g/mol. The van der Waals surface area contributed by atoms with E-state index in [9.17, 15) is 4.79 Å². The topological polar surface area (TPSA) is 52.3 Å². The number of methoxy groups -OCH3 is 1. The largest absolute Gasteiger partial charge is 0.465 e. The molecule has 0 saturated carbocycles. The molecule has 64 valence electrons. The minimum absolute atomic E-state index is 0.219. The van der Waals surface area contributed by atoms with Crippen LogP contribution < -0.4 is 5.73 Å². The van der Waals surface area contributed by atoms with Gasteiger partial charge >= 0.3 is 5.97 Å². The molecule has 5 heteroatoms. The number of hydrogen-bond acceptors (Lipinski definition) is 4. The summed E-state index contributed by atoms with van der Waals surface area (Å²) in [4.78, 5) is 11.8. The van der Waals surface area contributed by atoms with Crippen molar-refractivity contribution in [2.75, 3.05) is 7.11 Å². The average Bonchev–Trinajstić information content (AvgIpc) is 2.50. The van der Waals surface area contributed by atoms with E-state index in [-0.39, 0.29) is 4.99 Å². The highest BCUT2D eigenvalue weighted by Gasteiger charge is 2.14. The Morgan fingerprint density at radius 2 is 2.42 bits per heavy atom. The summed E-state index contributed by atoms with van der Waals surface area (Å²) in [5, 5.41) is 1.75. The van der Waals surface area contributed by atoms with E-state index in [1.54, 1.807) is 11.4 Å². The predicted molar refractivity (Wildman–Crippen MR) is 51.5 cm³/mol. The molecule has 1 aromatic heterocycles. The summed E-state index contributed by atoms with van der Waals surface area (Å²) in [5.41, 5.74) is 5.97. The second-order valence-electron chi connectivity index (χ2n) is 2.02. The molecule has 0 bridgehead atoms. The van der Waals surface area contributed by atoms with Gasteiger partial charge in [0.05, 0.1) is 7.11 Å². The summed E-state index contributed by atoms with van der Waals surface area (Å²) >= 11 is 6.02. The first-order chi connectivity index (χ1) is 5.66. The van der Waals surface area contributed by atoms with Crippen LogP contribution in [0, 0.1) is 0 Å². The van der Waals surface area contributed by atoms with Gasteiger partial charge in [-0.2, -0.15) is 0 Å². The van der Waals surface area contributed by atoms with E-state index in [4.69, 9.17) is 18.0 Å². The molecule has 0 aliphatic rings. The Balaban J connectivity index is 3.07. The zero-order valence-electron chi connectivity index (χ0n) is 6.37. The maximum absolute atomic E-state index is 11.1. The molecule has 0 aliphatic carbocycles. The molecular formula is C7H7NO2S2. The minimum atomic E-state index is -0.396. The van der Waals surface area contributed by atoms with Gasteiger partial charge < -0.3 is 10.5 Å². The lowest BCUT2D eigenvalue weighted by atomic mass is 10.2. The lowest BCUT2D eigenvalue weighted by Gasteiger charge is -1.98. The molecule has 1 aromatic rings. The molecule has 3 nitrogen and oxygen atoms in total. The summed E-state index contributed by atoms with van der Waals surface area (Å²) in [6.07, 6.45) is 0. The molecule has 0 aliphatic heterocycles. The quantitative estimate of drug-likeness (QED) is 0.576. The molecule has 12 heavy (non-hydrogen) atoms. The predicted octanol–water partition coefficient (Wildman–Crippen LogP) is 1.17. The summed E-state index contributed by atoms with van der Waals surface area (Å²) in [6, 6.07) is 1.71. The number of nitrogens with two attached hydrogens (primary N) is 1. The molecule has 0 unspecified atom stereocenters. The molecule has 0 spiro atoms. The molecule has 2 N–H and O–H groups in total. The van der Waals surface area contributed by atoms with E-state index < -0.39 is 5.97 Å². The van der Waals surface area contributed by atoms with Crippen LogP contribution in [0.2, 0.25) is 0 Å². The van der Waals surface area contributed by atoms with Crippen molar-refractivity contribution < 1.29 is 9.53 Å². The van der Waals surface area contributed by atoms with Gasteiger partial charge in [0, 0.05) is 5.56 Å². The number of thiocarbonyl (C=S) groups is 1. The Morgan fingerprint density at radius 3 is 2.92 bits per heavy atom. The molecule has 0 atom stereocenters. The molecule has 0 radical (unpaired) electrons. The molecule has 0 amide bonds. The van der Waals surface area contributed by atoms with Crippen LogP contribution in [0.15, 0.2) is 11.4 Å². The minimum Gasteiger partial charge on any atom is -0.465 e. The van der Waals surface area contributed by atoms with Gasteiger partial charge in [-0.15, -0.1) is 11.3 Å². The Kier molecular flexibility index (Phi) is 2.78. The van der Waals surface area contributed by atoms with Crippen molar-refractivity contribution in [3.63, 3.8) is 0 Å². The zero-order valence-corrected chi connectivity index (χ0v) is 8.00. The van der Waals surface area contributed by atoms with Crippen LogP contribution in [0.4, 0.5) is 0 Å². The number of rotatable bonds is 2. The second-order valence-corrected chi connectivity index (χ2v) is 3.38. The van der Waals surface area contributed by atoms with Crippen molar-refractivity contribution in [2.45, 2.75) is 0 Å². The SMILES string of the molecule is COC(=O)c1sccc1C(N)=S. The molecule has 0 saturated heterocycles. The highest BCUT2D eigenvalue weighted by molar-refractivity contribution is 7.80. The normalized spacial score (nSPS) is 9.42.